The molecule has 1 aliphatic carbocycles. The lowest BCUT2D eigenvalue weighted by Gasteiger charge is -2.43. The van der Waals surface area contributed by atoms with Crippen molar-refractivity contribution in [1.29, 1.82) is 0 Å². The van der Waals surface area contributed by atoms with Gasteiger partial charge in [0, 0.05) is 6.04 Å². The van der Waals surface area contributed by atoms with Gasteiger partial charge in [0.1, 0.15) is 0 Å². The monoisotopic (exact) mass is 179 g/mol. The van der Waals surface area contributed by atoms with Crippen molar-refractivity contribution < 1.29 is 0 Å². The van der Waals surface area contributed by atoms with Gasteiger partial charge in [0.2, 0.25) is 0 Å². The van der Waals surface area contributed by atoms with Crippen LogP contribution in [0.1, 0.15) is 46.5 Å². The van der Waals surface area contributed by atoms with Gasteiger partial charge in [-0.2, -0.15) is 0 Å². The highest BCUT2D eigenvalue weighted by molar-refractivity contribution is 5.29. The summed E-state index contributed by atoms with van der Waals surface area (Å²) in [6.07, 6.45) is 5.44. The van der Waals surface area contributed by atoms with Gasteiger partial charge in [0.15, 0.2) is 0 Å². The van der Waals surface area contributed by atoms with E-state index in [1.807, 2.05) is 0 Å². The molecular formula is C12H21N. The molecule has 1 aliphatic heterocycles. The average molecular weight is 179 g/mol. The van der Waals surface area contributed by atoms with Crippen LogP contribution >= 0.6 is 0 Å². The number of nitrogens with one attached hydrogen (secondary N) is 1. The second-order valence-corrected chi connectivity index (χ2v) is 5.23. The Morgan fingerprint density at radius 2 is 2.08 bits per heavy atom. The molecular weight excluding hydrogens is 158 g/mol. The summed E-state index contributed by atoms with van der Waals surface area (Å²) in [5, 5.41) is 3.54. The van der Waals surface area contributed by atoms with Crippen LogP contribution in [0.5, 0.6) is 0 Å². The molecule has 0 aromatic carbocycles. The van der Waals surface area contributed by atoms with Crippen molar-refractivity contribution in [3.8, 4) is 0 Å². The van der Waals surface area contributed by atoms with Crippen molar-refractivity contribution in [3.63, 3.8) is 0 Å². The molecule has 2 aliphatic rings. The van der Waals surface area contributed by atoms with E-state index in [9.17, 15) is 0 Å². The lowest BCUT2D eigenvalue weighted by atomic mass is 9.68. The Morgan fingerprint density at radius 3 is 2.54 bits per heavy atom. The van der Waals surface area contributed by atoms with Crippen LogP contribution in [0.15, 0.2) is 11.1 Å². The van der Waals surface area contributed by atoms with E-state index in [1.54, 1.807) is 11.1 Å². The van der Waals surface area contributed by atoms with Crippen molar-refractivity contribution in [3.05, 3.63) is 11.1 Å². The van der Waals surface area contributed by atoms with Crippen LogP contribution in [-0.4, -0.2) is 12.6 Å². The molecule has 1 heteroatoms. The molecule has 74 valence electrons. The molecule has 13 heavy (non-hydrogen) atoms. The van der Waals surface area contributed by atoms with Crippen LogP contribution in [-0.2, 0) is 0 Å². The maximum atomic E-state index is 3.54. The summed E-state index contributed by atoms with van der Waals surface area (Å²) >= 11 is 0. The van der Waals surface area contributed by atoms with Crippen LogP contribution in [0.2, 0.25) is 0 Å². The largest absolute Gasteiger partial charge is 0.310 e. The zero-order chi connectivity index (χ0) is 9.47. The lowest BCUT2D eigenvalue weighted by Crippen LogP contribution is -2.48. The smallest absolute Gasteiger partial charge is 0.0299 e. The van der Waals surface area contributed by atoms with Gasteiger partial charge in [-0.05, 0) is 50.1 Å². The van der Waals surface area contributed by atoms with Crippen molar-refractivity contribution in [2.24, 2.45) is 5.41 Å². The van der Waals surface area contributed by atoms with E-state index in [0.29, 0.717) is 5.41 Å². The SMILES string of the molecule is CC1=C(C2CCN2)C(C)(C)CCC1. The van der Waals surface area contributed by atoms with Crippen LogP contribution in [0.4, 0.5) is 0 Å². The molecule has 1 fully saturated rings. The molecule has 1 atom stereocenters. The highest BCUT2D eigenvalue weighted by Gasteiger charge is 2.35. The normalized spacial score (nSPS) is 33.0. The second-order valence-electron chi connectivity index (χ2n) is 5.23. The van der Waals surface area contributed by atoms with Crippen molar-refractivity contribution in [1.82, 2.24) is 5.32 Å². The summed E-state index contributed by atoms with van der Waals surface area (Å²) < 4.78 is 0. The van der Waals surface area contributed by atoms with Gasteiger partial charge in [0.25, 0.3) is 0 Å². The summed E-state index contributed by atoms with van der Waals surface area (Å²) in [5.74, 6) is 0. The van der Waals surface area contributed by atoms with E-state index < -0.39 is 0 Å². The summed E-state index contributed by atoms with van der Waals surface area (Å²) in [6, 6.07) is 0.718. The molecule has 0 aromatic rings. The van der Waals surface area contributed by atoms with E-state index in [1.165, 1.54) is 32.2 Å². The van der Waals surface area contributed by atoms with Crippen molar-refractivity contribution in [2.75, 3.05) is 6.54 Å². The zero-order valence-electron chi connectivity index (χ0n) is 9.11. The highest BCUT2D eigenvalue weighted by Crippen LogP contribution is 2.43. The fraction of sp³-hybridized carbons (Fsp3) is 0.833. The van der Waals surface area contributed by atoms with Crippen molar-refractivity contribution in [2.45, 2.75) is 52.5 Å². The first-order valence-electron chi connectivity index (χ1n) is 5.55. The Hall–Kier alpha value is -0.300. The predicted molar refractivity (Wildman–Crippen MR) is 56.7 cm³/mol. The Balaban J connectivity index is 2.26. The van der Waals surface area contributed by atoms with Crippen molar-refractivity contribution >= 4 is 0 Å². The quantitative estimate of drug-likeness (QED) is 0.610. The predicted octanol–water partition coefficient (Wildman–Crippen LogP) is 2.87. The van der Waals surface area contributed by atoms with Gasteiger partial charge < -0.3 is 5.32 Å². The van der Waals surface area contributed by atoms with Gasteiger partial charge in [-0.15, -0.1) is 0 Å². The van der Waals surface area contributed by atoms with E-state index in [4.69, 9.17) is 0 Å². The van der Waals surface area contributed by atoms with Gasteiger partial charge in [-0.3, -0.25) is 0 Å². The van der Waals surface area contributed by atoms with Crippen LogP contribution in [0, 0.1) is 5.41 Å². The first kappa shape index (κ1) is 9.26. The molecule has 1 heterocycles. The molecule has 1 saturated heterocycles. The molecule has 1 N–H and O–H groups in total. The Morgan fingerprint density at radius 1 is 1.38 bits per heavy atom. The van der Waals surface area contributed by atoms with E-state index >= 15 is 0 Å². The molecule has 1 unspecified atom stereocenters. The first-order valence-corrected chi connectivity index (χ1v) is 5.55. The highest BCUT2D eigenvalue weighted by atomic mass is 15.0. The minimum absolute atomic E-state index is 0.459. The molecule has 1 nitrogen and oxygen atoms in total. The first-order chi connectivity index (χ1) is 6.11. The fourth-order valence-electron chi connectivity index (χ4n) is 2.95. The summed E-state index contributed by atoms with van der Waals surface area (Å²) in [7, 11) is 0. The fourth-order valence-corrected chi connectivity index (χ4v) is 2.95. The lowest BCUT2D eigenvalue weighted by molar-refractivity contribution is 0.289. The number of hydrogen-bond donors (Lipinski definition) is 1. The molecule has 0 spiro atoms. The number of hydrogen-bond acceptors (Lipinski definition) is 1. The second kappa shape index (κ2) is 3.13. The minimum atomic E-state index is 0.459. The summed E-state index contributed by atoms with van der Waals surface area (Å²) in [5.41, 5.74) is 3.85. The molecule has 0 bridgehead atoms. The van der Waals surface area contributed by atoms with Crippen LogP contribution in [0.3, 0.4) is 0 Å². The van der Waals surface area contributed by atoms with E-state index in [2.05, 4.69) is 26.1 Å². The Labute approximate surface area is 81.6 Å². The Kier molecular flexibility index (Phi) is 2.23. The molecule has 0 radical (unpaired) electrons. The molecule has 0 aromatic heterocycles. The minimum Gasteiger partial charge on any atom is -0.310 e. The third-order valence-electron chi connectivity index (χ3n) is 3.71. The van der Waals surface area contributed by atoms with Crippen LogP contribution < -0.4 is 5.32 Å². The van der Waals surface area contributed by atoms with Gasteiger partial charge in [-0.25, -0.2) is 0 Å². The third kappa shape index (κ3) is 1.54. The zero-order valence-corrected chi connectivity index (χ0v) is 9.11. The maximum Gasteiger partial charge on any atom is 0.0299 e. The van der Waals surface area contributed by atoms with Gasteiger partial charge in [0.05, 0.1) is 0 Å². The molecule has 2 rings (SSSR count). The van der Waals surface area contributed by atoms with Gasteiger partial charge in [-0.1, -0.05) is 19.4 Å². The van der Waals surface area contributed by atoms with E-state index in [-0.39, 0.29) is 0 Å². The van der Waals surface area contributed by atoms with Gasteiger partial charge >= 0.3 is 0 Å². The Bertz CT molecular complexity index is 234. The van der Waals surface area contributed by atoms with E-state index in [0.717, 1.165) is 6.04 Å². The molecule has 0 saturated carbocycles. The summed E-state index contributed by atoms with van der Waals surface area (Å²) in [4.78, 5) is 0. The topological polar surface area (TPSA) is 12.0 Å². The maximum absolute atomic E-state index is 3.54. The number of rotatable bonds is 1. The molecule has 0 amide bonds. The standard InChI is InChI=1S/C12H21N/c1-9-5-4-7-12(2,3)11(9)10-6-8-13-10/h10,13H,4-8H2,1-3H3. The third-order valence-corrected chi connectivity index (χ3v) is 3.71. The number of allylic oxidation sites excluding steroid dienone is 1. The summed E-state index contributed by atoms with van der Waals surface area (Å²) in [6.45, 7) is 8.36. The average Bonchev–Trinajstić information content (AvgIpc) is 1.92. The van der Waals surface area contributed by atoms with Crippen LogP contribution in [0.25, 0.3) is 0 Å².